The second-order valence-corrected chi connectivity index (χ2v) is 5.21. The van der Waals surface area contributed by atoms with Crippen LogP contribution in [0.25, 0.3) is 0 Å². The first-order valence-electron chi connectivity index (χ1n) is 4.97. The quantitative estimate of drug-likeness (QED) is 0.357. The molecule has 0 spiro atoms. The van der Waals surface area contributed by atoms with Crippen molar-refractivity contribution in [2.75, 3.05) is 6.61 Å². The van der Waals surface area contributed by atoms with E-state index in [1.165, 1.54) is 0 Å². The summed E-state index contributed by atoms with van der Waals surface area (Å²) in [7, 11) is -3.41. The number of hydrogen-bond acceptors (Lipinski definition) is 5. The van der Waals surface area contributed by atoms with Gasteiger partial charge in [-0.3, -0.25) is 0 Å². The van der Waals surface area contributed by atoms with Gasteiger partial charge in [0.15, 0.2) is 0 Å². The average molecular weight is 241 g/mol. The molecule has 0 aliphatic heterocycles. The number of unbranched alkanes of at least 4 members (excludes halogenated alkanes) is 2. The van der Waals surface area contributed by atoms with Crippen molar-refractivity contribution in [1.29, 1.82) is 0 Å². The Morgan fingerprint density at radius 3 is 2.47 bits per heavy atom. The van der Waals surface area contributed by atoms with Gasteiger partial charge in [0.1, 0.15) is 0 Å². The van der Waals surface area contributed by atoms with Crippen molar-refractivity contribution in [3.63, 3.8) is 0 Å². The van der Waals surface area contributed by atoms with E-state index >= 15 is 0 Å². The van der Waals surface area contributed by atoms with Crippen LogP contribution in [-0.4, -0.2) is 25.5 Å². The third-order valence-electron chi connectivity index (χ3n) is 2.23. The van der Waals surface area contributed by atoms with Crippen LogP contribution in [0, 0.1) is 0 Å². The van der Waals surface area contributed by atoms with Crippen LogP contribution < -0.4 is 5.14 Å². The minimum Gasteiger partial charge on any atom is -0.228 e. The summed E-state index contributed by atoms with van der Waals surface area (Å²) in [5.74, 6) is 0. The van der Waals surface area contributed by atoms with E-state index in [1.807, 2.05) is 0 Å². The standard InChI is InChI=1S/C8H19NO5S/c1-2-8(15(9,11)12)6-4-3-5-7-13-14-10/h8,10H,2-7H2,1H3,(H2,9,11,12). The van der Waals surface area contributed by atoms with Gasteiger partial charge in [0.2, 0.25) is 10.0 Å². The van der Waals surface area contributed by atoms with E-state index in [0.717, 1.165) is 12.8 Å². The van der Waals surface area contributed by atoms with Crippen LogP contribution in [0.5, 0.6) is 0 Å². The third-order valence-corrected chi connectivity index (χ3v) is 3.72. The topological polar surface area (TPSA) is 98.8 Å². The van der Waals surface area contributed by atoms with Gasteiger partial charge in [0.05, 0.1) is 11.9 Å². The van der Waals surface area contributed by atoms with Gasteiger partial charge in [0, 0.05) is 0 Å². The fourth-order valence-electron chi connectivity index (χ4n) is 1.35. The molecule has 0 aliphatic carbocycles. The summed E-state index contributed by atoms with van der Waals surface area (Å²) in [6.07, 6.45) is 3.39. The van der Waals surface area contributed by atoms with Crippen LogP contribution in [0.2, 0.25) is 0 Å². The molecule has 0 aromatic carbocycles. The van der Waals surface area contributed by atoms with E-state index < -0.39 is 15.3 Å². The molecule has 0 aromatic rings. The van der Waals surface area contributed by atoms with Gasteiger partial charge < -0.3 is 0 Å². The largest absolute Gasteiger partial charge is 0.228 e. The van der Waals surface area contributed by atoms with Gasteiger partial charge in [-0.2, -0.15) is 0 Å². The number of sulfonamides is 1. The summed E-state index contributed by atoms with van der Waals surface area (Å²) in [5.41, 5.74) is 0. The predicted molar refractivity (Wildman–Crippen MR) is 55.3 cm³/mol. The molecule has 15 heavy (non-hydrogen) atoms. The molecular formula is C8H19NO5S. The number of rotatable bonds is 9. The van der Waals surface area contributed by atoms with E-state index in [0.29, 0.717) is 25.9 Å². The molecule has 92 valence electrons. The molecule has 6 nitrogen and oxygen atoms in total. The van der Waals surface area contributed by atoms with Crippen LogP contribution >= 0.6 is 0 Å². The van der Waals surface area contributed by atoms with Crippen molar-refractivity contribution in [3.8, 4) is 0 Å². The fourth-order valence-corrected chi connectivity index (χ4v) is 2.31. The molecule has 0 radical (unpaired) electrons. The number of hydrogen-bond donors (Lipinski definition) is 2. The average Bonchev–Trinajstić information content (AvgIpc) is 2.15. The van der Waals surface area contributed by atoms with Crippen molar-refractivity contribution in [2.24, 2.45) is 5.14 Å². The number of primary sulfonamides is 1. The maximum absolute atomic E-state index is 11.0. The van der Waals surface area contributed by atoms with Crippen LogP contribution in [0.15, 0.2) is 0 Å². The van der Waals surface area contributed by atoms with Gasteiger partial charge in [-0.25, -0.2) is 23.7 Å². The van der Waals surface area contributed by atoms with Gasteiger partial charge in [-0.05, 0) is 19.3 Å². The second kappa shape index (κ2) is 8.00. The van der Waals surface area contributed by atoms with Crippen molar-refractivity contribution < 1.29 is 23.6 Å². The van der Waals surface area contributed by atoms with Crippen LogP contribution in [0.4, 0.5) is 0 Å². The fraction of sp³-hybridized carbons (Fsp3) is 1.00. The summed E-state index contributed by atoms with van der Waals surface area (Å²) in [6, 6.07) is 0. The van der Waals surface area contributed by atoms with Gasteiger partial charge in [-0.1, -0.05) is 24.8 Å². The highest BCUT2D eigenvalue weighted by atomic mass is 32.2. The molecule has 0 saturated heterocycles. The Morgan fingerprint density at radius 1 is 1.33 bits per heavy atom. The van der Waals surface area contributed by atoms with Crippen LogP contribution in [0.1, 0.15) is 39.0 Å². The summed E-state index contributed by atoms with van der Waals surface area (Å²) < 4.78 is 22.1. The number of nitrogens with two attached hydrogens (primary N) is 1. The Hall–Kier alpha value is -0.210. The molecule has 0 aliphatic rings. The molecule has 0 bridgehead atoms. The lowest BCUT2D eigenvalue weighted by Gasteiger charge is -2.11. The Labute approximate surface area is 90.3 Å². The van der Waals surface area contributed by atoms with E-state index in [9.17, 15) is 8.42 Å². The lowest BCUT2D eigenvalue weighted by molar-refractivity contribution is -0.490. The summed E-state index contributed by atoms with van der Waals surface area (Å²) in [5, 5.41) is 15.9. The Bertz CT molecular complexity index is 241. The minimum absolute atomic E-state index is 0.294. The SMILES string of the molecule is CCC(CCCCCOOO)S(N)(=O)=O. The van der Waals surface area contributed by atoms with Crippen molar-refractivity contribution >= 4 is 10.0 Å². The first kappa shape index (κ1) is 14.8. The second-order valence-electron chi connectivity index (χ2n) is 3.37. The lowest BCUT2D eigenvalue weighted by atomic mass is 10.1. The summed E-state index contributed by atoms with van der Waals surface area (Å²) in [4.78, 5) is 4.25. The highest BCUT2D eigenvalue weighted by Gasteiger charge is 2.18. The predicted octanol–water partition coefficient (Wildman–Crippen LogP) is 1.04. The van der Waals surface area contributed by atoms with Gasteiger partial charge >= 0.3 is 0 Å². The normalized spacial score (nSPS) is 14.1. The highest BCUT2D eigenvalue weighted by molar-refractivity contribution is 7.89. The van der Waals surface area contributed by atoms with E-state index in [2.05, 4.69) is 9.93 Å². The maximum Gasteiger partial charge on any atom is 0.211 e. The van der Waals surface area contributed by atoms with E-state index in [4.69, 9.17) is 10.4 Å². The maximum atomic E-state index is 11.0. The van der Waals surface area contributed by atoms with Crippen molar-refractivity contribution in [3.05, 3.63) is 0 Å². The van der Waals surface area contributed by atoms with Gasteiger partial charge in [0.25, 0.3) is 0 Å². The van der Waals surface area contributed by atoms with E-state index in [-0.39, 0.29) is 0 Å². The zero-order valence-electron chi connectivity index (χ0n) is 8.89. The monoisotopic (exact) mass is 241 g/mol. The Kier molecular flexibility index (Phi) is 7.89. The molecule has 1 unspecified atom stereocenters. The first-order valence-corrected chi connectivity index (χ1v) is 6.58. The van der Waals surface area contributed by atoms with Crippen LogP contribution in [-0.2, 0) is 19.9 Å². The summed E-state index contributed by atoms with van der Waals surface area (Å²) >= 11 is 0. The molecular weight excluding hydrogens is 222 g/mol. The molecule has 1 atom stereocenters. The molecule has 0 heterocycles. The molecule has 0 aromatic heterocycles. The molecule has 0 saturated carbocycles. The summed E-state index contributed by atoms with van der Waals surface area (Å²) in [6.45, 7) is 2.10. The smallest absolute Gasteiger partial charge is 0.211 e. The minimum atomic E-state index is -3.41. The van der Waals surface area contributed by atoms with E-state index in [1.54, 1.807) is 6.92 Å². The zero-order chi connectivity index (χ0) is 11.7. The third kappa shape index (κ3) is 7.69. The molecule has 7 heteroatoms. The Morgan fingerprint density at radius 2 is 2.00 bits per heavy atom. The molecule has 0 rings (SSSR count). The highest BCUT2D eigenvalue weighted by Crippen LogP contribution is 2.12. The van der Waals surface area contributed by atoms with Crippen molar-refractivity contribution in [2.45, 2.75) is 44.3 Å². The zero-order valence-corrected chi connectivity index (χ0v) is 9.70. The molecule has 0 amide bonds. The first-order chi connectivity index (χ1) is 7.02. The molecule has 0 fully saturated rings. The molecule has 3 N–H and O–H groups in total. The lowest BCUT2D eigenvalue weighted by Crippen LogP contribution is -2.27. The van der Waals surface area contributed by atoms with Gasteiger partial charge in [-0.15, -0.1) is 0 Å². The van der Waals surface area contributed by atoms with Crippen LogP contribution in [0.3, 0.4) is 0 Å². The van der Waals surface area contributed by atoms with Crippen molar-refractivity contribution in [1.82, 2.24) is 0 Å². The Balaban J connectivity index is 3.57.